The van der Waals surface area contributed by atoms with Gasteiger partial charge in [-0.15, -0.1) is 0 Å². The van der Waals surface area contributed by atoms with Gasteiger partial charge in [0, 0.05) is 19.2 Å². The van der Waals surface area contributed by atoms with Crippen LogP contribution in [-0.4, -0.2) is 17.0 Å². The van der Waals surface area contributed by atoms with Crippen molar-refractivity contribution in [2.75, 3.05) is 18.1 Å². The van der Waals surface area contributed by atoms with E-state index < -0.39 is 5.82 Å². The van der Waals surface area contributed by atoms with Crippen LogP contribution in [0.4, 0.5) is 16.2 Å². The van der Waals surface area contributed by atoms with Crippen LogP contribution in [0, 0.1) is 5.82 Å². The van der Waals surface area contributed by atoms with E-state index >= 15 is 0 Å². The summed E-state index contributed by atoms with van der Waals surface area (Å²) in [5.74, 6) is 0.689. The molecule has 0 aliphatic rings. The third kappa shape index (κ3) is 2.78. The number of rotatable bonds is 3. The Bertz CT molecular complexity index is 579. The second kappa shape index (κ2) is 5.05. The lowest BCUT2D eigenvalue weighted by molar-refractivity contribution is 0.461. The third-order valence-electron chi connectivity index (χ3n) is 2.09. The van der Waals surface area contributed by atoms with Crippen LogP contribution >= 0.6 is 11.6 Å². The van der Waals surface area contributed by atoms with Crippen LogP contribution in [0.2, 0.25) is 5.02 Å². The summed E-state index contributed by atoms with van der Waals surface area (Å²) in [6.45, 7) is 0. The SMILES string of the molecule is CNc1cc(Oc2ccc(F)c(Cl)c2)nc(N)n1. The molecule has 2 aromatic rings. The van der Waals surface area contributed by atoms with E-state index in [-0.39, 0.29) is 16.9 Å². The molecule has 2 rings (SSSR count). The van der Waals surface area contributed by atoms with Crippen molar-refractivity contribution in [3.05, 3.63) is 35.1 Å². The van der Waals surface area contributed by atoms with Crippen molar-refractivity contribution in [2.45, 2.75) is 0 Å². The molecule has 0 amide bonds. The van der Waals surface area contributed by atoms with Crippen molar-refractivity contribution in [1.82, 2.24) is 9.97 Å². The Morgan fingerprint density at radius 2 is 2.11 bits per heavy atom. The standard InChI is InChI=1S/C11H10ClFN4O/c1-15-9-5-10(17-11(14)16-9)18-6-2-3-8(13)7(12)4-6/h2-5H,1H3,(H3,14,15,16,17). The summed E-state index contributed by atoms with van der Waals surface area (Å²) in [7, 11) is 1.69. The van der Waals surface area contributed by atoms with Crippen LogP contribution < -0.4 is 15.8 Å². The van der Waals surface area contributed by atoms with Crippen LogP contribution in [0.25, 0.3) is 0 Å². The highest BCUT2D eigenvalue weighted by Crippen LogP contribution is 2.26. The van der Waals surface area contributed by atoms with Crippen LogP contribution in [0.5, 0.6) is 11.6 Å². The summed E-state index contributed by atoms with van der Waals surface area (Å²) in [6, 6.07) is 5.57. The van der Waals surface area contributed by atoms with Gasteiger partial charge in [0.2, 0.25) is 11.8 Å². The van der Waals surface area contributed by atoms with Gasteiger partial charge in [0.15, 0.2) is 0 Å². The van der Waals surface area contributed by atoms with E-state index in [1.165, 1.54) is 18.2 Å². The quantitative estimate of drug-likeness (QED) is 0.895. The zero-order valence-corrected chi connectivity index (χ0v) is 10.2. The Labute approximate surface area is 108 Å². The lowest BCUT2D eigenvalue weighted by Crippen LogP contribution is -2.01. The summed E-state index contributed by atoms with van der Waals surface area (Å²) < 4.78 is 18.4. The molecule has 18 heavy (non-hydrogen) atoms. The molecular weight excluding hydrogens is 259 g/mol. The van der Waals surface area contributed by atoms with Crippen molar-refractivity contribution in [3.63, 3.8) is 0 Å². The minimum Gasteiger partial charge on any atom is -0.439 e. The Hall–Kier alpha value is -2.08. The molecule has 3 N–H and O–H groups in total. The molecule has 7 heteroatoms. The van der Waals surface area contributed by atoms with Gasteiger partial charge in [0.25, 0.3) is 0 Å². The van der Waals surface area contributed by atoms with Gasteiger partial charge < -0.3 is 15.8 Å². The zero-order chi connectivity index (χ0) is 13.1. The average molecular weight is 269 g/mol. The fraction of sp³-hybridized carbons (Fsp3) is 0.0909. The van der Waals surface area contributed by atoms with Crippen molar-refractivity contribution in [3.8, 4) is 11.6 Å². The van der Waals surface area contributed by atoms with Crippen LogP contribution in [0.3, 0.4) is 0 Å². The summed E-state index contributed by atoms with van der Waals surface area (Å²) >= 11 is 5.65. The summed E-state index contributed by atoms with van der Waals surface area (Å²) in [6.07, 6.45) is 0. The Morgan fingerprint density at radius 3 is 2.78 bits per heavy atom. The highest BCUT2D eigenvalue weighted by atomic mass is 35.5. The first kappa shape index (κ1) is 12.4. The molecule has 0 spiro atoms. The van der Waals surface area contributed by atoms with E-state index in [0.717, 1.165) is 0 Å². The predicted octanol–water partition coefficient (Wildman–Crippen LogP) is 2.69. The van der Waals surface area contributed by atoms with Crippen LogP contribution in [-0.2, 0) is 0 Å². The maximum absolute atomic E-state index is 13.0. The van der Waals surface area contributed by atoms with Crippen molar-refractivity contribution < 1.29 is 9.13 Å². The lowest BCUT2D eigenvalue weighted by atomic mass is 10.3. The van der Waals surface area contributed by atoms with Gasteiger partial charge in [-0.05, 0) is 12.1 Å². The second-order valence-corrected chi connectivity index (χ2v) is 3.78. The molecule has 0 saturated carbocycles. The minimum absolute atomic E-state index is 0.0247. The molecule has 1 aromatic carbocycles. The number of hydrogen-bond acceptors (Lipinski definition) is 5. The fourth-order valence-electron chi connectivity index (χ4n) is 1.28. The Balaban J connectivity index is 2.27. The topological polar surface area (TPSA) is 73.1 Å². The van der Waals surface area contributed by atoms with Crippen LogP contribution in [0.15, 0.2) is 24.3 Å². The van der Waals surface area contributed by atoms with Crippen molar-refractivity contribution >= 4 is 23.4 Å². The highest BCUT2D eigenvalue weighted by Gasteiger charge is 2.06. The number of ether oxygens (including phenoxy) is 1. The summed E-state index contributed by atoms with van der Waals surface area (Å²) in [5, 5.41) is 2.79. The predicted molar refractivity (Wildman–Crippen MR) is 67.5 cm³/mol. The van der Waals surface area contributed by atoms with Gasteiger partial charge in [-0.1, -0.05) is 11.6 Å². The molecule has 5 nitrogen and oxygen atoms in total. The molecule has 1 aromatic heterocycles. The summed E-state index contributed by atoms with van der Waals surface area (Å²) in [4.78, 5) is 7.81. The minimum atomic E-state index is -0.512. The maximum atomic E-state index is 13.0. The first-order valence-electron chi connectivity index (χ1n) is 5.03. The van der Waals surface area contributed by atoms with E-state index in [0.29, 0.717) is 11.6 Å². The molecule has 0 aliphatic carbocycles. The first-order chi connectivity index (χ1) is 8.58. The third-order valence-corrected chi connectivity index (χ3v) is 2.38. The van der Waals surface area contributed by atoms with Gasteiger partial charge in [-0.2, -0.15) is 9.97 Å². The van der Waals surface area contributed by atoms with Gasteiger partial charge in [0.1, 0.15) is 17.4 Å². The number of benzene rings is 1. The molecule has 0 bridgehead atoms. The second-order valence-electron chi connectivity index (χ2n) is 3.38. The van der Waals surface area contributed by atoms with E-state index in [1.807, 2.05) is 0 Å². The average Bonchev–Trinajstić information content (AvgIpc) is 2.33. The molecule has 1 heterocycles. The normalized spacial score (nSPS) is 10.2. The Morgan fingerprint density at radius 1 is 1.33 bits per heavy atom. The molecule has 0 unspecified atom stereocenters. The number of nitrogens with zero attached hydrogens (tertiary/aromatic N) is 2. The maximum Gasteiger partial charge on any atom is 0.226 e. The molecule has 0 saturated heterocycles. The number of nitrogen functional groups attached to an aromatic ring is 1. The van der Waals surface area contributed by atoms with Crippen LogP contribution in [0.1, 0.15) is 0 Å². The first-order valence-corrected chi connectivity index (χ1v) is 5.41. The van der Waals surface area contributed by atoms with Gasteiger partial charge >= 0.3 is 0 Å². The number of aromatic nitrogens is 2. The Kier molecular flexibility index (Phi) is 3.47. The summed E-state index contributed by atoms with van der Waals surface area (Å²) in [5.41, 5.74) is 5.51. The van der Waals surface area contributed by atoms with E-state index in [9.17, 15) is 4.39 Å². The number of hydrogen-bond donors (Lipinski definition) is 2. The largest absolute Gasteiger partial charge is 0.439 e. The molecule has 94 valence electrons. The molecule has 0 atom stereocenters. The molecular formula is C11H10ClFN4O. The molecule has 0 fully saturated rings. The lowest BCUT2D eigenvalue weighted by Gasteiger charge is -2.07. The van der Waals surface area contributed by atoms with E-state index in [4.69, 9.17) is 22.1 Å². The molecule has 0 radical (unpaired) electrons. The van der Waals surface area contributed by atoms with Crippen molar-refractivity contribution in [1.29, 1.82) is 0 Å². The number of halogens is 2. The highest BCUT2D eigenvalue weighted by molar-refractivity contribution is 6.30. The van der Waals surface area contributed by atoms with Gasteiger partial charge in [-0.25, -0.2) is 4.39 Å². The van der Waals surface area contributed by atoms with Gasteiger partial charge in [-0.3, -0.25) is 0 Å². The van der Waals surface area contributed by atoms with E-state index in [2.05, 4.69) is 15.3 Å². The monoisotopic (exact) mass is 268 g/mol. The zero-order valence-electron chi connectivity index (χ0n) is 9.45. The van der Waals surface area contributed by atoms with Gasteiger partial charge in [0.05, 0.1) is 5.02 Å². The smallest absolute Gasteiger partial charge is 0.226 e. The number of nitrogens with two attached hydrogens (primary N) is 1. The number of nitrogens with one attached hydrogen (secondary N) is 1. The van der Waals surface area contributed by atoms with E-state index in [1.54, 1.807) is 13.1 Å². The van der Waals surface area contributed by atoms with Crippen molar-refractivity contribution in [2.24, 2.45) is 0 Å². The fourth-order valence-corrected chi connectivity index (χ4v) is 1.45. The molecule has 0 aliphatic heterocycles. The number of anilines is 2.